The normalized spacial score (nSPS) is 15.2. The van der Waals surface area contributed by atoms with Crippen LogP contribution in [0, 0.1) is 0 Å². The zero-order chi connectivity index (χ0) is 16.4. The van der Waals surface area contributed by atoms with E-state index >= 15 is 0 Å². The third kappa shape index (κ3) is 2.88. The molecule has 3 aromatic rings. The lowest BCUT2D eigenvalue weighted by Gasteiger charge is -2.20. The number of nitrogens with one attached hydrogen (secondary N) is 2. The molecule has 2 N–H and O–H groups in total. The van der Waals surface area contributed by atoms with Crippen LogP contribution < -0.4 is 10.6 Å². The van der Waals surface area contributed by atoms with Gasteiger partial charge in [-0.05, 0) is 24.1 Å². The van der Waals surface area contributed by atoms with Crippen LogP contribution in [-0.4, -0.2) is 30.2 Å². The van der Waals surface area contributed by atoms with E-state index in [1.807, 2.05) is 18.2 Å². The Morgan fingerprint density at radius 3 is 3.00 bits per heavy atom. The first-order valence-electron chi connectivity index (χ1n) is 8.13. The monoisotopic (exact) mass is 340 g/mol. The first-order chi connectivity index (χ1) is 11.9. The number of ether oxygens (including phenoxy) is 1. The average Bonchev–Trinajstić information content (AvgIpc) is 3.01. The lowest BCUT2D eigenvalue weighted by molar-refractivity contribution is 0.186. The van der Waals surface area contributed by atoms with Crippen LogP contribution in [0.2, 0.25) is 0 Å². The summed E-state index contributed by atoms with van der Waals surface area (Å²) in [5.41, 5.74) is 2.58. The molecule has 4 rings (SSSR count). The van der Waals surface area contributed by atoms with E-state index in [4.69, 9.17) is 4.74 Å². The highest BCUT2D eigenvalue weighted by Gasteiger charge is 2.21. The molecule has 24 heavy (non-hydrogen) atoms. The van der Waals surface area contributed by atoms with E-state index in [-0.39, 0.29) is 6.04 Å². The molecule has 1 atom stereocenters. The molecule has 0 unspecified atom stereocenters. The summed E-state index contributed by atoms with van der Waals surface area (Å²) in [5.74, 6) is 0.908. The molecule has 2 aromatic heterocycles. The molecule has 0 amide bonds. The molecule has 1 aliphatic rings. The minimum atomic E-state index is 0.0616. The van der Waals surface area contributed by atoms with E-state index in [1.54, 1.807) is 24.8 Å². The second-order valence-corrected chi connectivity index (χ2v) is 6.98. The summed E-state index contributed by atoms with van der Waals surface area (Å²) in [6.07, 6.45) is 2.67. The van der Waals surface area contributed by atoms with E-state index < -0.39 is 0 Å². The van der Waals surface area contributed by atoms with Crippen molar-refractivity contribution >= 4 is 27.4 Å². The lowest BCUT2D eigenvalue weighted by atomic mass is 10.0. The molecule has 5 nitrogen and oxygen atoms in total. The Hall–Kier alpha value is -2.02. The van der Waals surface area contributed by atoms with Crippen LogP contribution >= 0.6 is 11.3 Å². The Bertz CT molecular complexity index is 834. The topological polar surface area (TPSA) is 59.1 Å². The zero-order valence-corrected chi connectivity index (χ0v) is 14.4. The van der Waals surface area contributed by atoms with Gasteiger partial charge in [0.1, 0.15) is 17.0 Å². The van der Waals surface area contributed by atoms with Crippen molar-refractivity contribution in [3.8, 4) is 0 Å². The van der Waals surface area contributed by atoms with Crippen LogP contribution in [0.25, 0.3) is 10.2 Å². The minimum absolute atomic E-state index is 0.0616. The number of rotatable bonds is 5. The highest BCUT2D eigenvalue weighted by Crippen LogP contribution is 2.36. The van der Waals surface area contributed by atoms with Crippen molar-refractivity contribution in [2.24, 2.45) is 0 Å². The number of hydrogen-bond acceptors (Lipinski definition) is 6. The lowest BCUT2D eigenvalue weighted by Crippen LogP contribution is -2.22. The Balaban J connectivity index is 1.74. The molecule has 6 heteroatoms. The molecule has 0 saturated heterocycles. The first kappa shape index (κ1) is 15.5. The number of aromatic nitrogens is 2. The van der Waals surface area contributed by atoms with E-state index in [0.29, 0.717) is 6.61 Å². The second-order valence-electron chi connectivity index (χ2n) is 5.90. The number of fused-ring (bicyclic) bond motifs is 3. The molecular formula is C18H20N4OS. The molecular weight excluding hydrogens is 320 g/mol. The number of benzene rings is 1. The number of thiophene rings is 1. The fourth-order valence-electron chi connectivity index (χ4n) is 3.21. The van der Waals surface area contributed by atoms with Crippen LogP contribution in [0.15, 0.2) is 36.7 Å². The third-order valence-corrected chi connectivity index (χ3v) is 5.49. The van der Waals surface area contributed by atoms with Gasteiger partial charge in [0.2, 0.25) is 0 Å². The van der Waals surface area contributed by atoms with Crippen molar-refractivity contribution < 1.29 is 4.74 Å². The Labute approximate surface area is 145 Å². The van der Waals surface area contributed by atoms with E-state index in [9.17, 15) is 0 Å². The number of nitrogens with zero attached hydrogens (tertiary/aromatic N) is 2. The van der Waals surface area contributed by atoms with Crippen molar-refractivity contribution in [3.05, 3.63) is 52.7 Å². The summed E-state index contributed by atoms with van der Waals surface area (Å²) < 4.78 is 5.42. The first-order valence-corrected chi connectivity index (χ1v) is 8.95. The van der Waals surface area contributed by atoms with Crippen LogP contribution in [0.5, 0.6) is 0 Å². The van der Waals surface area contributed by atoms with E-state index in [0.717, 1.165) is 30.2 Å². The van der Waals surface area contributed by atoms with Crippen LogP contribution in [0.1, 0.15) is 22.0 Å². The molecule has 0 saturated carbocycles. The van der Waals surface area contributed by atoms with Crippen LogP contribution in [0.4, 0.5) is 5.82 Å². The van der Waals surface area contributed by atoms with Gasteiger partial charge in [-0.1, -0.05) is 30.3 Å². The average molecular weight is 340 g/mol. The van der Waals surface area contributed by atoms with Gasteiger partial charge in [0, 0.05) is 18.5 Å². The molecule has 0 fully saturated rings. The van der Waals surface area contributed by atoms with Gasteiger partial charge in [0.05, 0.1) is 18.0 Å². The minimum Gasteiger partial charge on any atom is -0.382 e. The maximum absolute atomic E-state index is 5.42. The highest BCUT2D eigenvalue weighted by molar-refractivity contribution is 7.18. The van der Waals surface area contributed by atoms with E-state index in [1.165, 1.54) is 21.4 Å². The van der Waals surface area contributed by atoms with Gasteiger partial charge < -0.3 is 15.4 Å². The predicted octanol–water partition coefficient (Wildman–Crippen LogP) is 3.14. The molecule has 0 aliphatic carbocycles. The summed E-state index contributed by atoms with van der Waals surface area (Å²) in [5, 5.41) is 8.19. The fourth-order valence-corrected chi connectivity index (χ4v) is 4.36. The largest absolute Gasteiger partial charge is 0.382 e. The fraction of sp³-hybridized carbons (Fsp3) is 0.333. The quantitative estimate of drug-likeness (QED) is 0.747. The van der Waals surface area contributed by atoms with Crippen molar-refractivity contribution in [1.29, 1.82) is 0 Å². The van der Waals surface area contributed by atoms with E-state index in [2.05, 4.69) is 32.7 Å². The number of anilines is 1. The predicted molar refractivity (Wildman–Crippen MR) is 97.5 cm³/mol. The summed E-state index contributed by atoms with van der Waals surface area (Å²) in [6, 6.07) is 10.4. The molecule has 124 valence electrons. The third-order valence-electron chi connectivity index (χ3n) is 4.35. The van der Waals surface area contributed by atoms with Gasteiger partial charge in [0.15, 0.2) is 0 Å². The summed E-state index contributed by atoms with van der Waals surface area (Å²) in [4.78, 5) is 11.5. The Morgan fingerprint density at radius 2 is 2.17 bits per heavy atom. The molecule has 1 aliphatic heterocycles. The van der Waals surface area contributed by atoms with Crippen LogP contribution in [-0.2, 0) is 17.7 Å². The van der Waals surface area contributed by atoms with Gasteiger partial charge in [-0.25, -0.2) is 9.97 Å². The zero-order valence-electron chi connectivity index (χ0n) is 13.6. The molecule has 0 spiro atoms. The van der Waals surface area contributed by atoms with Crippen molar-refractivity contribution in [1.82, 2.24) is 15.3 Å². The molecule has 0 bridgehead atoms. The SMILES string of the molecule is COC[C@@H](Nc1ncnc2sc3c(c12)CCNC3)c1ccccc1. The summed E-state index contributed by atoms with van der Waals surface area (Å²) in [7, 11) is 1.73. The molecule has 3 heterocycles. The van der Waals surface area contributed by atoms with Gasteiger partial charge in [-0.15, -0.1) is 11.3 Å². The smallest absolute Gasteiger partial charge is 0.139 e. The van der Waals surface area contributed by atoms with Crippen LogP contribution in [0.3, 0.4) is 0 Å². The standard InChI is InChI=1S/C18H20N4OS/c1-23-10-14(12-5-3-2-4-6-12)22-17-16-13-7-8-19-9-15(13)24-18(16)21-11-20-17/h2-6,11,14,19H,7-10H2,1H3,(H,20,21,22)/t14-/m1/s1. The maximum Gasteiger partial charge on any atom is 0.139 e. The Kier molecular flexibility index (Phi) is 4.42. The summed E-state index contributed by atoms with van der Waals surface area (Å²) in [6.45, 7) is 2.52. The van der Waals surface area contributed by atoms with Crippen molar-refractivity contribution in [2.75, 3.05) is 25.6 Å². The van der Waals surface area contributed by atoms with Crippen molar-refractivity contribution in [3.63, 3.8) is 0 Å². The van der Waals surface area contributed by atoms with Crippen molar-refractivity contribution in [2.45, 2.75) is 19.0 Å². The Morgan fingerprint density at radius 1 is 1.29 bits per heavy atom. The van der Waals surface area contributed by atoms with Gasteiger partial charge in [0.25, 0.3) is 0 Å². The number of methoxy groups -OCH3 is 1. The molecule has 1 aromatic carbocycles. The number of hydrogen-bond donors (Lipinski definition) is 2. The second kappa shape index (κ2) is 6.84. The van der Waals surface area contributed by atoms with Gasteiger partial charge in [-0.2, -0.15) is 0 Å². The molecule has 0 radical (unpaired) electrons. The maximum atomic E-state index is 5.42. The van der Waals surface area contributed by atoms with Gasteiger partial charge >= 0.3 is 0 Å². The summed E-state index contributed by atoms with van der Waals surface area (Å²) >= 11 is 1.77. The van der Waals surface area contributed by atoms with Gasteiger partial charge in [-0.3, -0.25) is 0 Å². The highest BCUT2D eigenvalue weighted by atomic mass is 32.1.